The number of carboxylic acid groups (broad SMARTS) is 1. The molecule has 0 bridgehead atoms. The SMILES string of the molecule is NC[C@]1(c2cccc(Cl)c2)CC[C@H](n2nc(-c3cccc(C(=O)O)c3)ccc2=O)CC1. The van der Waals surface area contributed by atoms with E-state index in [1.165, 1.54) is 12.1 Å². The number of hydrogen-bond acceptors (Lipinski definition) is 4. The first-order valence-electron chi connectivity index (χ1n) is 10.3. The third-order valence-electron chi connectivity index (χ3n) is 6.32. The summed E-state index contributed by atoms with van der Waals surface area (Å²) in [6.07, 6.45) is 3.22. The fourth-order valence-corrected chi connectivity index (χ4v) is 4.67. The Kier molecular flexibility index (Phi) is 5.94. The minimum absolute atomic E-state index is 0.0334. The van der Waals surface area contributed by atoms with Crippen LogP contribution in [0.25, 0.3) is 11.3 Å². The summed E-state index contributed by atoms with van der Waals surface area (Å²) in [6.45, 7) is 0.518. The molecule has 0 atom stereocenters. The van der Waals surface area contributed by atoms with E-state index in [2.05, 4.69) is 11.2 Å². The Morgan fingerprint density at radius 2 is 1.87 bits per heavy atom. The molecular weight excluding hydrogens is 414 g/mol. The maximum atomic E-state index is 12.6. The number of benzene rings is 2. The number of carbonyl (C=O) groups is 1. The van der Waals surface area contributed by atoms with Gasteiger partial charge in [0.15, 0.2) is 0 Å². The van der Waals surface area contributed by atoms with Gasteiger partial charge in [-0.15, -0.1) is 0 Å². The van der Waals surface area contributed by atoms with Crippen LogP contribution in [0.1, 0.15) is 47.6 Å². The molecule has 31 heavy (non-hydrogen) atoms. The van der Waals surface area contributed by atoms with Gasteiger partial charge in [0.1, 0.15) is 0 Å². The van der Waals surface area contributed by atoms with Gasteiger partial charge in [0, 0.05) is 28.6 Å². The molecule has 2 aromatic carbocycles. The molecule has 160 valence electrons. The first-order chi connectivity index (χ1) is 14.9. The third-order valence-corrected chi connectivity index (χ3v) is 6.55. The Hall–Kier alpha value is -2.96. The molecule has 3 aromatic rings. The van der Waals surface area contributed by atoms with E-state index in [0.29, 0.717) is 22.8 Å². The molecule has 0 unspecified atom stereocenters. The van der Waals surface area contributed by atoms with Crippen LogP contribution < -0.4 is 11.3 Å². The van der Waals surface area contributed by atoms with E-state index in [0.717, 1.165) is 31.2 Å². The van der Waals surface area contributed by atoms with Crippen molar-refractivity contribution in [2.75, 3.05) is 6.54 Å². The van der Waals surface area contributed by atoms with Crippen LogP contribution in [-0.4, -0.2) is 27.4 Å². The van der Waals surface area contributed by atoms with Crippen molar-refractivity contribution in [3.05, 3.63) is 87.2 Å². The maximum Gasteiger partial charge on any atom is 0.335 e. The van der Waals surface area contributed by atoms with Crippen molar-refractivity contribution in [1.29, 1.82) is 0 Å². The van der Waals surface area contributed by atoms with Crippen molar-refractivity contribution in [3.63, 3.8) is 0 Å². The van der Waals surface area contributed by atoms with Crippen molar-refractivity contribution in [2.45, 2.75) is 37.1 Å². The highest BCUT2D eigenvalue weighted by Gasteiger charge is 2.37. The first kappa shape index (κ1) is 21.3. The van der Waals surface area contributed by atoms with Gasteiger partial charge in [0.2, 0.25) is 0 Å². The van der Waals surface area contributed by atoms with Crippen LogP contribution in [0, 0.1) is 0 Å². The van der Waals surface area contributed by atoms with Crippen molar-refractivity contribution >= 4 is 17.6 Å². The lowest BCUT2D eigenvalue weighted by molar-refractivity contribution is 0.0697. The fraction of sp³-hybridized carbons (Fsp3) is 0.292. The molecule has 1 aliphatic rings. The zero-order valence-corrected chi connectivity index (χ0v) is 17.8. The number of hydrogen-bond donors (Lipinski definition) is 2. The molecule has 1 heterocycles. The predicted molar refractivity (Wildman–Crippen MR) is 121 cm³/mol. The highest BCUT2D eigenvalue weighted by atomic mass is 35.5. The smallest absolute Gasteiger partial charge is 0.335 e. The Bertz CT molecular complexity index is 1170. The highest BCUT2D eigenvalue weighted by molar-refractivity contribution is 6.30. The largest absolute Gasteiger partial charge is 0.478 e. The molecule has 1 aromatic heterocycles. The normalized spacial score (nSPS) is 21.0. The lowest BCUT2D eigenvalue weighted by Gasteiger charge is -2.40. The van der Waals surface area contributed by atoms with E-state index in [-0.39, 0.29) is 22.6 Å². The van der Waals surface area contributed by atoms with E-state index in [1.54, 1.807) is 28.9 Å². The lowest BCUT2D eigenvalue weighted by Crippen LogP contribution is -2.41. The van der Waals surface area contributed by atoms with Gasteiger partial charge in [-0.2, -0.15) is 5.10 Å². The molecule has 0 radical (unpaired) electrons. The standard InChI is InChI=1S/C24H24ClN3O3/c25-19-6-2-5-18(14-19)24(15-26)11-9-20(10-12-24)28-22(29)8-7-21(27-28)16-3-1-4-17(13-16)23(30)31/h1-8,13-14,20H,9-12,15,26H2,(H,30,31)/t20-,24-. The Morgan fingerprint density at radius 1 is 1.13 bits per heavy atom. The van der Waals surface area contributed by atoms with Gasteiger partial charge in [-0.3, -0.25) is 4.79 Å². The fourth-order valence-electron chi connectivity index (χ4n) is 4.48. The number of carboxylic acids is 1. The Balaban J connectivity index is 1.60. The summed E-state index contributed by atoms with van der Waals surface area (Å²) in [5, 5.41) is 14.5. The molecule has 7 heteroatoms. The topological polar surface area (TPSA) is 98.2 Å². The molecule has 1 aliphatic carbocycles. The van der Waals surface area contributed by atoms with Gasteiger partial charge < -0.3 is 10.8 Å². The summed E-state index contributed by atoms with van der Waals surface area (Å²) >= 11 is 6.20. The van der Waals surface area contributed by atoms with E-state index >= 15 is 0 Å². The van der Waals surface area contributed by atoms with Crippen molar-refractivity contribution in [1.82, 2.24) is 9.78 Å². The van der Waals surface area contributed by atoms with E-state index in [1.807, 2.05) is 18.2 Å². The van der Waals surface area contributed by atoms with Gasteiger partial charge in [0.05, 0.1) is 17.3 Å². The maximum absolute atomic E-state index is 12.6. The zero-order valence-electron chi connectivity index (χ0n) is 17.0. The molecule has 0 aliphatic heterocycles. The molecule has 0 spiro atoms. The molecule has 1 saturated carbocycles. The number of aromatic nitrogens is 2. The monoisotopic (exact) mass is 437 g/mol. The van der Waals surface area contributed by atoms with Crippen LogP contribution in [0.3, 0.4) is 0 Å². The number of halogens is 1. The minimum atomic E-state index is -0.999. The van der Waals surface area contributed by atoms with Crippen LogP contribution in [0.4, 0.5) is 0 Å². The van der Waals surface area contributed by atoms with Gasteiger partial charge in [-0.05, 0) is 61.6 Å². The number of rotatable bonds is 5. The van der Waals surface area contributed by atoms with Gasteiger partial charge in [-0.1, -0.05) is 35.9 Å². The average Bonchev–Trinajstić information content (AvgIpc) is 2.79. The summed E-state index contributed by atoms with van der Waals surface area (Å²) in [5.74, 6) is -0.999. The lowest BCUT2D eigenvalue weighted by atomic mass is 9.68. The molecular formula is C24H24ClN3O3. The quantitative estimate of drug-likeness (QED) is 0.621. The Labute approximate surface area is 185 Å². The van der Waals surface area contributed by atoms with Crippen molar-refractivity contribution in [3.8, 4) is 11.3 Å². The van der Waals surface area contributed by atoms with E-state index < -0.39 is 5.97 Å². The number of nitrogens with two attached hydrogens (primary N) is 1. The third kappa shape index (κ3) is 4.27. The van der Waals surface area contributed by atoms with Crippen LogP contribution in [0.2, 0.25) is 5.02 Å². The summed E-state index contributed by atoms with van der Waals surface area (Å²) in [5.41, 5.74) is 8.45. The first-order valence-corrected chi connectivity index (χ1v) is 10.7. The summed E-state index contributed by atoms with van der Waals surface area (Å²) in [4.78, 5) is 23.9. The van der Waals surface area contributed by atoms with Crippen LogP contribution in [-0.2, 0) is 5.41 Å². The van der Waals surface area contributed by atoms with E-state index in [4.69, 9.17) is 17.3 Å². The Morgan fingerprint density at radius 3 is 2.55 bits per heavy atom. The van der Waals surface area contributed by atoms with Crippen molar-refractivity contribution < 1.29 is 9.90 Å². The minimum Gasteiger partial charge on any atom is -0.478 e. The zero-order chi connectivity index (χ0) is 22.0. The molecule has 1 fully saturated rings. The number of aromatic carboxylic acids is 1. The molecule has 3 N–H and O–H groups in total. The highest BCUT2D eigenvalue weighted by Crippen LogP contribution is 2.42. The van der Waals surface area contributed by atoms with Gasteiger partial charge in [0.25, 0.3) is 5.56 Å². The van der Waals surface area contributed by atoms with E-state index in [9.17, 15) is 14.7 Å². The second-order valence-electron chi connectivity index (χ2n) is 8.11. The van der Waals surface area contributed by atoms with Gasteiger partial charge >= 0.3 is 5.97 Å². The number of nitrogens with zero attached hydrogens (tertiary/aromatic N) is 2. The molecule has 6 nitrogen and oxygen atoms in total. The van der Waals surface area contributed by atoms with Crippen molar-refractivity contribution in [2.24, 2.45) is 5.73 Å². The molecule has 4 rings (SSSR count). The summed E-state index contributed by atoms with van der Waals surface area (Å²) < 4.78 is 1.54. The second kappa shape index (κ2) is 8.65. The van der Waals surface area contributed by atoms with Crippen LogP contribution in [0.5, 0.6) is 0 Å². The second-order valence-corrected chi connectivity index (χ2v) is 8.55. The molecule has 0 amide bonds. The molecule has 0 saturated heterocycles. The summed E-state index contributed by atoms with van der Waals surface area (Å²) in [7, 11) is 0. The van der Waals surface area contributed by atoms with Crippen LogP contribution in [0.15, 0.2) is 65.5 Å². The van der Waals surface area contributed by atoms with Crippen LogP contribution >= 0.6 is 11.6 Å². The summed E-state index contributed by atoms with van der Waals surface area (Å²) in [6, 6.07) is 17.5. The average molecular weight is 438 g/mol. The van der Waals surface area contributed by atoms with Gasteiger partial charge in [-0.25, -0.2) is 9.48 Å². The predicted octanol–water partition coefficient (Wildman–Crippen LogP) is 4.27.